The molecule has 0 amide bonds. The first kappa shape index (κ1) is 17.8. The maximum Gasteiger partial charge on any atom is 0.0855 e. The van der Waals surface area contributed by atoms with Crippen LogP contribution in [0.15, 0.2) is 0 Å². The van der Waals surface area contributed by atoms with Gasteiger partial charge in [0.1, 0.15) is 0 Å². The van der Waals surface area contributed by atoms with Gasteiger partial charge in [0, 0.05) is 0 Å². The van der Waals surface area contributed by atoms with Gasteiger partial charge in [-0.2, -0.15) is 0 Å². The van der Waals surface area contributed by atoms with Crippen molar-refractivity contribution in [3.05, 3.63) is 0 Å². The number of hydrogen-bond donors (Lipinski definition) is 0. The topological polar surface area (TPSA) is 55.4 Å². The first-order valence-electron chi connectivity index (χ1n) is 7.91. The zero-order valence-electron chi connectivity index (χ0n) is 12.3. The average Bonchev–Trinajstić information content (AvgIpc) is 2.46. The maximum absolute atomic E-state index is 4.73. The SMILES string of the molecule is C1CCCCCCCOOOOOOCCCCCC1. The van der Waals surface area contributed by atoms with Gasteiger partial charge in [0.15, 0.2) is 0 Å². The first-order chi connectivity index (χ1) is 10.0. The molecule has 0 aromatic heterocycles. The Morgan fingerprint density at radius 1 is 0.300 bits per heavy atom. The highest BCUT2D eigenvalue weighted by Gasteiger charge is 1.97. The Bertz CT molecular complexity index is 104. The van der Waals surface area contributed by atoms with E-state index in [9.17, 15) is 0 Å². The molecular weight excluding hydrogens is 264 g/mol. The molecule has 6 heteroatoms. The summed E-state index contributed by atoms with van der Waals surface area (Å²) in [6.07, 6.45) is 14.7. The van der Waals surface area contributed by atoms with E-state index in [2.05, 4.69) is 20.2 Å². The quantitative estimate of drug-likeness (QED) is 0.618. The molecule has 0 atom stereocenters. The zero-order chi connectivity index (χ0) is 14.1. The van der Waals surface area contributed by atoms with Crippen LogP contribution < -0.4 is 0 Å². The van der Waals surface area contributed by atoms with Crippen molar-refractivity contribution in [3.63, 3.8) is 0 Å². The van der Waals surface area contributed by atoms with Gasteiger partial charge in [0.2, 0.25) is 0 Å². The van der Waals surface area contributed by atoms with Gasteiger partial charge >= 0.3 is 0 Å². The molecule has 1 heterocycles. The Morgan fingerprint density at radius 3 is 0.950 bits per heavy atom. The summed E-state index contributed by atoms with van der Waals surface area (Å²) in [6, 6.07) is 0. The standard InChI is InChI=1S/C14H28O6/c1-2-4-6-8-10-12-14-16-18-20-19-17-15-13-11-9-7-5-3-1/h1-14H2. The monoisotopic (exact) mass is 292 g/mol. The van der Waals surface area contributed by atoms with Crippen molar-refractivity contribution in [2.75, 3.05) is 13.2 Å². The second-order valence-electron chi connectivity index (χ2n) is 5.16. The zero-order valence-corrected chi connectivity index (χ0v) is 12.3. The van der Waals surface area contributed by atoms with Crippen molar-refractivity contribution in [1.82, 2.24) is 0 Å². The Balaban J connectivity index is 2.00. The summed E-state index contributed by atoms with van der Waals surface area (Å²) in [7, 11) is 0. The van der Waals surface area contributed by atoms with Gasteiger partial charge in [-0.25, -0.2) is 9.78 Å². The van der Waals surface area contributed by atoms with Crippen LogP contribution in [-0.4, -0.2) is 13.2 Å². The predicted octanol–water partition coefficient (Wildman–Crippen LogP) is 4.36. The van der Waals surface area contributed by atoms with Crippen LogP contribution in [0.2, 0.25) is 0 Å². The summed E-state index contributed by atoms with van der Waals surface area (Å²) in [5, 5.41) is 16.9. The van der Waals surface area contributed by atoms with E-state index >= 15 is 0 Å². The van der Waals surface area contributed by atoms with Gasteiger partial charge < -0.3 is 0 Å². The van der Waals surface area contributed by atoms with Crippen LogP contribution in [0.3, 0.4) is 0 Å². The molecule has 1 rings (SSSR count). The van der Waals surface area contributed by atoms with Crippen LogP contribution in [0.25, 0.3) is 0 Å². The van der Waals surface area contributed by atoms with Crippen LogP contribution in [0.4, 0.5) is 0 Å². The summed E-state index contributed by atoms with van der Waals surface area (Å²) >= 11 is 0. The van der Waals surface area contributed by atoms with Gasteiger partial charge in [-0.3, -0.25) is 0 Å². The molecule has 1 fully saturated rings. The molecule has 0 aromatic rings. The Hall–Kier alpha value is -0.240. The Labute approximate surface area is 121 Å². The van der Waals surface area contributed by atoms with Crippen molar-refractivity contribution in [2.45, 2.75) is 77.0 Å². The second-order valence-corrected chi connectivity index (χ2v) is 5.16. The minimum atomic E-state index is 0.476. The average molecular weight is 292 g/mol. The van der Waals surface area contributed by atoms with Gasteiger partial charge in [0.05, 0.1) is 13.2 Å². The summed E-state index contributed by atoms with van der Waals surface area (Å²) in [5.41, 5.74) is 0. The molecule has 0 spiro atoms. The van der Waals surface area contributed by atoms with E-state index < -0.39 is 0 Å². The highest BCUT2D eigenvalue weighted by atomic mass is 17.8. The van der Waals surface area contributed by atoms with E-state index in [4.69, 9.17) is 9.78 Å². The van der Waals surface area contributed by atoms with E-state index in [1.165, 1.54) is 51.4 Å². The molecule has 0 aliphatic carbocycles. The molecule has 0 saturated carbocycles. The van der Waals surface area contributed by atoms with E-state index in [0.717, 1.165) is 25.7 Å². The van der Waals surface area contributed by atoms with Gasteiger partial charge in [-0.05, 0) is 33.0 Å². The van der Waals surface area contributed by atoms with E-state index in [-0.39, 0.29) is 0 Å². The van der Waals surface area contributed by atoms with Crippen LogP contribution in [0, 0.1) is 0 Å². The fourth-order valence-electron chi connectivity index (χ4n) is 2.22. The van der Waals surface area contributed by atoms with Gasteiger partial charge in [-0.1, -0.05) is 64.2 Å². The van der Waals surface area contributed by atoms with Crippen molar-refractivity contribution < 1.29 is 29.9 Å². The summed E-state index contributed by atoms with van der Waals surface area (Å²) < 4.78 is 0. The first-order valence-corrected chi connectivity index (χ1v) is 7.91. The summed E-state index contributed by atoms with van der Waals surface area (Å²) in [5.74, 6) is 0. The van der Waals surface area contributed by atoms with Crippen LogP contribution in [0.1, 0.15) is 77.0 Å². The molecule has 0 bridgehead atoms. The third-order valence-electron chi connectivity index (χ3n) is 3.38. The lowest BCUT2D eigenvalue weighted by atomic mass is 10.1. The smallest absolute Gasteiger partial charge is 0.0855 e. The molecule has 0 aromatic carbocycles. The largest absolute Gasteiger partial charge is 0.204 e. The Morgan fingerprint density at radius 2 is 0.600 bits per heavy atom. The van der Waals surface area contributed by atoms with Crippen LogP contribution in [-0.2, 0) is 29.9 Å². The number of rotatable bonds is 0. The molecule has 1 saturated heterocycles. The lowest BCUT2D eigenvalue weighted by molar-refractivity contribution is -0.756. The Kier molecular flexibility index (Phi) is 13.5. The van der Waals surface area contributed by atoms with Crippen LogP contribution in [0.5, 0.6) is 0 Å². The van der Waals surface area contributed by atoms with E-state index in [1.807, 2.05) is 0 Å². The molecule has 1 aliphatic rings. The minimum Gasteiger partial charge on any atom is -0.204 e. The number of hydrogen-bond acceptors (Lipinski definition) is 6. The second kappa shape index (κ2) is 15.2. The van der Waals surface area contributed by atoms with Crippen molar-refractivity contribution >= 4 is 0 Å². The van der Waals surface area contributed by atoms with E-state index in [0.29, 0.717) is 13.2 Å². The van der Waals surface area contributed by atoms with E-state index in [1.54, 1.807) is 0 Å². The van der Waals surface area contributed by atoms with Gasteiger partial charge in [-0.15, -0.1) is 0 Å². The molecule has 1 aliphatic heterocycles. The van der Waals surface area contributed by atoms with Gasteiger partial charge in [0.25, 0.3) is 0 Å². The lowest BCUT2D eigenvalue weighted by Crippen LogP contribution is -2.03. The van der Waals surface area contributed by atoms with Crippen molar-refractivity contribution in [3.8, 4) is 0 Å². The lowest BCUT2D eigenvalue weighted by Gasteiger charge is -2.05. The third-order valence-corrected chi connectivity index (χ3v) is 3.38. The fourth-order valence-corrected chi connectivity index (χ4v) is 2.22. The van der Waals surface area contributed by atoms with Crippen molar-refractivity contribution in [2.24, 2.45) is 0 Å². The molecule has 6 nitrogen and oxygen atoms in total. The normalized spacial score (nSPS) is 24.0. The maximum atomic E-state index is 4.73. The predicted molar refractivity (Wildman–Crippen MR) is 71.6 cm³/mol. The molecule has 0 unspecified atom stereocenters. The van der Waals surface area contributed by atoms with Crippen molar-refractivity contribution in [1.29, 1.82) is 0 Å². The highest BCUT2D eigenvalue weighted by molar-refractivity contribution is 4.48. The third kappa shape index (κ3) is 12.8. The summed E-state index contributed by atoms with van der Waals surface area (Å²) in [4.78, 5) is 9.47. The minimum absolute atomic E-state index is 0.476. The molecule has 120 valence electrons. The molecule has 0 N–H and O–H groups in total. The summed E-state index contributed by atoms with van der Waals surface area (Å²) in [6.45, 7) is 0.953. The van der Waals surface area contributed by atoms with Crippen LogP contribution >= 0.6 is 0 Å². The molecule has 20 heavy (non-hydrogen) atoms. The molecular formula is C14H28O6. The fraction of sp³-hybridized carbons (Fsp3) is 1.00. The molecule has 0 radical (unpaired) electrons. The highest BCUT2D eigenvalue weighted by Crippen LogP contribution is 2.12.